The summed E-state index contributed by atoms with van der Waals surface area (Å²) in [7, 11) is 2.29. The molecule has 1 aliphatic rings. The van der Waals surface area contributed by atoms with Crippen LogP contribution in [0, 0.1) is 0 Å². The van der Waals surface area contributed by atoms with Gasteiger partial charge in [0.1, 0.15) is 0 Å². The van der Waals surface area contributed by atoms with Gasteiger partial charge in [0.2, 0.25) is 0 Å². The second-order valence-electron chi connectivity index (χ2n) is 5.78. The normalized spacial score (nSPS) is 22.9. The van der Waals surface area contributed by atoms with Crippen LogP contribution in [0.4, 0.5) is 0 Å². The minimum absolute atomic E-state index is 0.742. The van der Waals surface area contributed by atoms with E-state index in [1.165, 1.54) is 64.5 Å². The van der Waals surface area contributed by atoms with Crippen molar-refractivity contribution in [3.63, 3.8) is 0 Å². The van der Waals surface area contributed by atoms with Gasteiger partial charge in [-0.1, -0.05) is 39.0 Å². The zero-order valence-corrected chi connectivity index (χ0v) is 12.2. The minimum atomic E-state index is 0.742. The Labute approximate surface area is 108 Å². The van der Waals surface area contributed by atoms with Crippen LogP contribution in [-0.4, -0.2) is 37.1 Å². The van der Waals surface area contributed by atoms with Crippen molar-refractivity contribution in [1.82, 2.24) is 10.2 Å². The summed E-state index contributed by atoms with van der Waals surface area (Å²) < 4.78 is 0. The smallest absolute Gasteiger partial charge is 0.0195 e. The Kier molecular flexibility index (Phi) is 7.87. The van der Waals surface area contributed by atoms with Gasteiger partial charge in [-0.3, -0.25) is 0 Å². The number of rotatable bonds is 8. The van der Waals surface area contributed by atoms with E-state index in [4.69, 9.17) is 0 Å². The van der Waals surface area contributed by atoms with Crippen LogP contribution < -0.4 is 5.32 Å². The van der Waals surface area contributed by atoms with Crippen LogP contribution in [0.3, 0.4) is 0 Å². The summed E-state index contributed by atoms with van der Waals surface area (Å²) in [6.45, 7) is 7.12. The maximum Gasteiger partial charge on any atom is 0.0195 e. The van der Waals surface area contributed by atoms with E-state index < -0.39 is 0 Å². The highest BCUT2D eigenvalue weighted by molar-refractivity contribution is 4.77. The molecule has 1 heterocycles. The van der Waals surface area contributed by atoms with E-state index >= 15 is 0 Å². The lowest BCUT2D eigenvalue weighted by Crippen LogP contribution is -2.44. The molecular weight excluding hydrogens is 208 g/mol. The summed E-state index contributed by atoms with van der Waals surface area (Å²) in [6, 6.07) is 1.49. The molecule has 1 fully saturated rings. The van der Waals surface area contributed by atoms with Gasteiger partial charge in [-0.15, -0.1) is 0 Å². The molecule has 0 aromatic rings. The lowest BCUT2D eigenvalue weighted by atomic mass is 10.0. The molecule has 0 bridgehead atoms. The second kappa shape index (κ2) is 8.93. The topological polar surface area (TPSA) is 15.3 Å². The van der Waals surface area contributed by atoms with Crippen LogP contribution >= 0.6 is 0 Å². The highest BCUT2D eigenvalue weighted by Gasteiger charge is 2.17. The van der Waals surface area contributed by atoms with Crippen LogP contribution in [0.2, 0.25) is 0 Å². The lowest BCUT2D eigenvalue weighted by molar-refractivity contribution is 0.202. The first-order valence-electron chi connectivity index (χ1n) is 7.67. The monoisotopic (exact) mass is 240 g/mol. The standard InChI is InChI=1S/C15H32N2/c1-4-5-6-7-10-14(2)17(3)13-15-11-8-9-12-16-15/h14-16H,4-13H2,1-3H3. The van der Waals surface area contributed by atoms with Gasteiger partial charge < -0.3 is 10.2 Å². The molecule has 102 valence electrons. The van der Waals surface area contributed by atoms with Gasteiger partial charge in [-0.05, 0) is 39.8 Å². The van der Waals surface area contributed by atoms with Crippen molar-refractivity contribution in [1.29, 1.82) is 0 Å². The van der Waals surface area contributed by atoms with Crippen molar-refractivity contribution in [2.24, 2.45) is 0 Å². The highest BCUT2D eigenvalue weighted by atomic mass is 15.1. The molecule has 0 radical (unpaired) electrons. The molecule has 17 heavy (non-hydrogen) atoms. The Bertz CT molecular complexity index is 176. The predicted molar refractivity (Wildman–Crippen MR) is 76.5 cm³/mol. The van der Waals surface area contributed by atoms with Crippen molar-refractivity contribution in [2.75, 3.05) is 20.1 Å². The third-order valence-corrected chi connectivity index (χ3v) is 4.15. The molecule has 0 spiro atoms. The minimum Gasteiger partial charge on any atom is -0.313 e. The summed E-state index contributed by atoms with van der Waals surface area (Å²) in [5.41, 5.74) is 0. The van der Waals surface area contributed by atoms with E-state index in [1.807, 2.05) is 0 Å². The number of unbranched alkanes of at least 4 members (excludes halogenated alkanes) is 3. The quantitative estimate of drug-likeness (QED) is 0.654. The Morgan fingerprint density at radius 3 is 2.71 bits per heavy atom. The molecule has 2 unspecified atom stereocenters. The van der Waals surface area contributed by atoms with Crippen molar-refractivity contribution >= 4 is 0 Å². The number of nitrogens with one attached hydrogen (secondary N) is 1. The average molecular weight is 240 g/mol. The van der Waals surface area contributed by atoms with Crippen LogP contribution in [0.5, 0.6) is 0 Å². The van der Waals surface area contributed by atoms with Crippen LogP contribution in [0.1, 0.15) is 65.2 Å². The third-order valence-electron chi connectivity index (χ3n) is 4.15. The molecule has 0 amide bonds. The fourth-order valence-electron chi connectivity index (χ4n) is 2.69. The van der Waals surface area contributed by atoms with E-state index in [0.717, 1.165) is 12.1 Å². The Hall–Kier alpha value is -0.0800. The average Bonchev–Trinajstić information content (AvgIpc) is 2.35. The van der Waals surface area contributed by atoms with Crippen molar-refractivity contribution in [3.05, 3.63) is 0 Å². The maximum atomic E-state index is 3.64. The first kappa shape index (κ1) is 15.0. The number of likely N-dealkylation sites (N-methyl/N-ethyl adjacent to an activating group) is 1. The summed E-state index contributed by atoms with van der Waals surface area (Å²) in [4.78, 5) is 2.55. The van der Waals surface area contributed by atoms with Gasteiger partial charge in [0.25, 0.3) is 0 Å². The zero-order valence-electron chi connectivity index (χ0n) is 12.2. The summed E-state index contributed by atoms with van der Waals surface area (Å²) in [6.07, 6.45) is 11.1. The number of piperidine rings is 1. The SMILES string of the molecule is CCCCCCC(C)N(C)CC1CCCCN1. The molecule has 0 aliphatic carbocycles. The van der Waals surface area contributed by atoms with E-state index in [0.29, 0.717) is 0 Å². The van der Waals surface area contributed by atoms with Gasteiger partial charge >= 0.3 is 0 Å². The molecule has 0 aromatic heterocycles. The molecule has 0 aromatic carbocycles. The van der Waals surface area contributed by atoms with Crippen molar-refractivity contribution in [2.45, 2.75) is 77.3 Å². The lowest BCUT2D eigenvalue weighted by Gasteiger charge is -2.31. The Balaban J connectivity index is 2.10. The molecule has 1 aliphatic heterocycles. The first-order chi connectivity index (χ1) is 8.24. The number of hydrogen-bond acceptors (Lipinski definition) is 2. The van der Waals surface area contributed by atoms with E-state index in [1.54, 1.807) is 0 Å². The molecule has 1 saturated heterocycles. The van der Waals surface area contributed by atoms with Gasteiger partial charge in [-0.25, -0.2) is 0 Å². The molecule has 2 atom stereocenters. The summed E-state index contributed by atoms with van der Waals surface area (Å²) in [5.74, 6) is 0. The third kappa shape index (κ3) is 6.42. The van der Waals surface area contributed by atoms with Crippen LogP contribution in [0.25, 0.3) is 0 Å². The zero-order chi connectivity index (χ0) is 12.5. The number of nitrogens with zero attached hydrogens (tertiary/aromatic N) is 1. The summed E-state index contributed by atoms with van der Waals surface area (Å²) >= 11 is 0. The predicted octanol–water partition coefficient (Wildman–Crippen LogP) is 3.42. The van der Waals surface area contributed by atoms with Crippen molar-refractivity contribution in [3.8, 4) is 0 Å². The fourth-order valence-corrected chi connectivity index (χ4v) is 2.69. The molecular formula is C15H32N2. The maximum absolute atomic E-state index is 3.64. The molecule has 1 rings (SSSR count). The Morgan fingerprint density at radius 1 is 1.24 bits per heavy atom. The van der Waals surface area contributed by atoms with E-state index in [9.17, 15) is 0 Å². The second-order valence-corrected chi connectivity index (χ2v) is 5.78. The summed E-state index contributed by atoms with van der Waals surface area (Å²) in [5, 5.41) is 3.64. The van der Waals surface area contributed by atoms with Crippen molar-refractivity contribution < 1.29 is 0 Å². The van der Waals surface area contributed by atoms with Gasteiger partial charge in [0, 0.05) is 18.6 Å². The van der Waals surface area contributed by atoms with Gasteiger partial charge in [-0.2, -0.15) is 0 Å². The van der Waals surface area contributed by atoms with Crippen LogP contribution in [0.15, 0.2) is 0 Å². The Morgan fingerprint density at radius 2 is 2.06 bits per heavy atom. The molecule has 1 N–H and O–H groups in total. The first-order valence-corrected chi connectivity index (χ1v) is 7.67. The molecule has 2 nitrogen and oxygen atoms in total. The highest BCUT2D eigenvalue weighted by Crippen LogP contribution is 2.13. The molecule has 2 heteroatoms. The van der Waals surface area contributed by atoms with Crippen LogP contribution in [-0.2, 0) is 0 Å². The molecule has 0 saturated carbocycles. The van der Waals surface area contributed by atoms with Gasteiger partial charge in [0.15, 0.2) is 0 Å². The van der Waals surface area contributed by atoms with E-state index in [2.05, 4.69) is 31.1 Å². The van der Waals surface area contributed by atoms with Gasteiger partial charge in [0.05, 0.1) is 0 Å². The fraction of sp³-hybridized carbons (Fsp3) is 1.00. The largest absolute Gasteiger partial charge is 0.313 e. The van der Waals surface area contributed by atoms with E-state index in [-0.39, 0.29) is 0 Å². The number of hydrogen-bond donors (Lipinski definition) is 1.